The van der Waals surface area contributed by atoms with Crippen molar-refractivity contribution < 1.29 is 37.1 Å². The number of ether oxygens (including phenoxy) is 1. The maximum Gasteiger partial charge on any atom is 0.416 e. The lowest BCUT2D eigenvalue weighted by atomic mass is 9.89. The van der Waals surface area contributed by atoms with E-state index in [1.54, 1.807) is 25.1 Å². The van der Waals surface area contributed by atoms with Crippen molar-refractivity contribution in [1.82, 2.24) is 14.8 Å². The van der Waals surface area contributed by atoms with Crippen molar-refractivity contribution in [2.75, 3.05) is 38.7 Å². The molecule has 2 heterocycles. The van der Waals surface area contributed by atoms with Crippen LogP contribution in [0, 0.1) is 11.3 Å². The van der Waals surface area contributed by atoms with Gasteiger partial charge in [-0.05, 0) is 62.2 Å². The molecule has 0 saturated carbocycles. The Morgan fingerprint density at radius 1 is 1.23 bits per heavy atom. The van der Waals surface area contributed by atoms with Crippen molar-refractivity contribution in [3.05, 3.63) is 86.5 Å². The maximum atomic E-state index is 13.6. The Hall–Kier alpha value is -4.90. The molecule has 44 heavy (non-hydrogen) atoms. The number of aromatic nitrogens is 3. The summed E-state index contributed by atoms with van der Waals surface area (Å²) < 4.78 is 47.9. The highest BCUT2D eigenvalue weighted by Gasteiger charge is 2.41. The van der Waals surface area contributed by atoms with Gasteiger partial charge in [0.1, 0.15) is 6.04 Å². The van der Waals surface area contributed by atoms with Crippen LogP contribution in [0.5, 0.6) is 0 Å². The van der Waals surface area contributed by atoms with Gasteiger partial charge in [0.25, 0.3) is 6.47 Å². The number of anilines is 2. The van der Waals surface area contributed by atoms with Crippen molar-refractivity contribution in [1.29, 1.82) is 5.26 Å². The maximum absolute atomic E-state index is 13.6. The van der Waals surface area contributed by atoms with Crippen LogP contribution in [0.3, 0.4) is 0 Å². The summed E-state index contributed by atoms with van der Waals surface area (Å²) in [6.45, 7) is 8.03. The number of carbonyl (C=O) groups excluding carboxylic acids is 1. The van der Waals surface area contributed by atoms with Gasteiger partial charge in [0.05, 0.1) is 56.6 Å². The minimum atomic E-state index is -4.61. The van der Waals surface area contributed by atoms with E-state index in [-0.39, 0.29) is 29.4 Å². The van der Waals surface area contributed by atoms with Crippen LogP contribution in [0.1, 0.15) is 49.1 Å². The van der Waals surface area contributed by atoms with E-state index in [0.29, 0.717) is 17.5 Å². The SMILES string of the molecule is CC[N+](C)(CC)CCc1cc(C#N)ccc1[C@@H]1C(C(=O)OC)=C(C)N(c2cccc(C(F)(F)F)c2)c2n[nH]c(=O)n21.O=CO. The van der Waals surface area contributed by atoms with Crippen molar-refractivity contribution in [3.8, 4) is 6.07 Å². The zero-order valence-corrected chi connectivity index (χ0v) is 25.0. The molecular weight excluding hydrogens is 581 g/mol. The molecule has 0 amide bonds. The van der Waals surface area contributed by atoms with Crippen LogP contribution in [0.15, 0.2) is 58.5 Å². The number of quaternary nitrogens is 1. The Kier molecular flexibility index (Phi) is 10.4. The third-order valence-electron chi connectivity index (χ3n) is 7.99. The molecule has 0 fully saturated rings. The number of fused-ring (bicyclic) bond motifs is 1. The Morgan fingerprint density at radius 3 is 2.45 bits per heavy atom. The van der Waals surface area contributed by atoms with Gasteiger partial charge in [-0.3, -0.25) is 9.69 Å². The molecule has 0 aliphatic carbocycles. The second-order valence-corrected chi connectivity index (χ2v) is 10.3. The molecule has 2 aromatic carbocycles. The number of nitrogens with zero attached hydrogens (tertiary/aromatic N) is 5. The number of carbonyl (C=O) groups is 2. The standard InChI is InChI=1S/C29H31F3N6O3.CH2O2/c1-6-38(4,7-2)14-13-20-15-19(17-33)11-12-23(20)25-24(26(39)41-5)18(3)36(27-34-35-28(40)37(25)27)22-10-8-9-21(16-22)29(30,31)32;2-1-3/h8-12,15-16,25H,6-7,13-14H2,1-5H3;1H,(H,2,3)/p+1/t25-;/m1./s1. The summed E-state index contributed by atoms with van der Waals surface area (Å²) >= 11 is 0. The number of allylic oxidation sites excluding steroid dienone is 1. The lowest BCUT2D eigenvalue weighted by Crippen LogP contribution is -2.45. The van der Waals surface area contributed by atoms with Crippen molar-refractivity contribution in [3.63, 3.8) is 0 Å². The molecule has 1 aromatic heterocycles. The van der Waals surface area contributed by atoms with E-state index in [1.165, 1.54) is 28.7 Å². The number of esters is 1. The number of methoxy groups -OCH3 is 1. The molecule has 4 rings (SSSR count). The molecule has 0 radical (unpaired) electrons. The minimum Gasteiger partial charge on any atom is -0.483 e. The first-order valence-electron chi connectivity index (χ1n) is 13.7. The van der Waals surface area contributed by atoms with Gasteiger partial charge in [0, 0.05) is 17.8 Å². The summed E-state index contributed by atoms with van der Waals surface area (Å²) in [5, 5.41) is 23.1. The summed E-state index contributed by atoms with van der Waals surface area (Å²) in [5.74, 6) is -0.733. The lowest BCUT2D eigenvalue weighted by Gasteiger charge is -2.36. The molecule has 1 aliphatic heterocycles. The predicted octanol–water partition coefficient (Wildman–Crippen LogP) is 4.38. The number of halogens is 3. The number of carboxylic acid groups (broad SMARTS) is 1. The third-order valence-corrected chi connectivity index (χ3v) is 7.99. The highest BCUT2D eigenvalue weighted by molar-refractivity contribution is 5.93. The summed E-state index contributed by atoms with van der Waals surface area (Å²) in [4.78, 5) is 36.3. The molecule has 0 unspecified atom stereocenters. The van der Waals surface area contributed by atoms with Crippen LogP contribution < -0.4 is 10.6 Å². The molecule has 3 aromatic rings. The van der Waals surface area contributed by atoms with Gasteiger partial charge in [-0.2, -0.15) is 18.4 Å². The first-order valence-corrected chi connectivity index (χ1v) is 13.7. The monoisotopic (exact) mass is 615 g/mol. The number of H-pyrrole nitrogens is 1. The number of rotatable bonds is 8. The molecule has 14 heteroatoms. The first kappa shape index (κ1) is 33.6. The Bertz CT molecular complexity index is 1650. The lowest BCUT2D eigenvalue weighted by molar-refractivity contribution is -0.905. The smallest absolute Gasteiger partial charge is 0.416 e. The number of alkyl halides is 3. The molecular formula is C30H34F3N6O5+. The van der Waals surface area contributed by atoms with Gasteiger partial charge in [-0.1, -0.05) is 12.1 Å². The normalized spacial score (nSPS) is 14.7. The van der Waals surface area contributed by atoms with Crippen molar-refractivity contribution >= 4 is 24.1 Å². The van der Waals surface area contributed by atoms with Crippen LogP contribution in [0.4, 0.5) is 24.8 Å². The number of hydrogen-bond donors (Lipinski definition) is 2. The Morgan fingerprint density at radius 2 is 1.89 bits per heavy atom. The van der Waals surface area contributed by atoms with Gasteiger partial charge in [-0.15, -0.1) is 5.10 Å². The average molecular weight is 616 g/mol. The summed E-state index contributed by atoms with van der Waals surface area (Å²) in [7, 11) is 3.33. The summed E-state index contributed by atoms with van der Waals surface area (Å²) in [6.07, 6.45) is -4.06. The molecule has 234 valence electrons. The predicted molar refractivity (Wildman–Crippen MR) is 155 cm³/mol. The largest absolute Gasteiger partial charge is 0.483 e. The van der Waals surface area contributed by atoms with Gasteiger partial charge >= 0.3 is 17.8 Å². The number of nitriles is 1. The summed E-state index contributed by atoms with van der Waals surface area (Å²) in [5.41, 5.74) is 0.618. The molecule has 1 atom stereocenters. The number of hydrogen-bond acceptors (Lipinski definition) is 7. The van der Waals surface area contributed by atoms with Gasteiger partial charge in [0.15, 0.2) is 0 Å². The molecule has 0 spiro atoms. The molecule has 0 bridgehead atoms. The fourth-order valence-corrected chi connectivity index (χ4v) is 5.17. The molecule has 0 saturated heterocycles. The molecule has 11 nitrogen and oxygen atoms in total. The van der Waals surface area contributed by atoms with Gasteiger partial charge < -0.3 is 14.3 Å². The average Bonchev–Trinajstić information content (AvgIpc) is 3.39. The zero-order valence-electron chi connectivity index (χ0n) is 25.0. The second-order valence-electron chi connectivity index (χ2n) is 10.3. The Balaban J connectivity index is 0.00000169. The Labute approximate surface area is 252 Å². The number of likely N-dealkylation sites (N-methyl/N-ethyl adjacent to an activating group) is 1. The molecule has 1 aliphatic rings. The van der Waals surface area contributed by atoms with E-state index in [1.807, 2.05) is 0 Å². The number of benzene rings is 2. The van der Waals surface area contributed by atoms with Crippen LogP contribution >= 0.6 is 0 Å². The number of nitrogens with one attached hydrogen (secondary N) is 1. The van der Waals surface area contributed by atoms with Crippen molar-refractivity contribution in [2.24, 2.45) is 0 Å². The van der Waals surface area contributed by atoms with E-state index in [4.69, 9.17) is 14.6 Å². The minimum absolute atomic E-state index is 0.0162. The zero-order chi connectivity index (χ0) is 32.8. The highest BCUT2D eigenvalue weighted by atomic mass is 19.4. The van der Waals surface area contributed by atoms with Crippen LogP contribution in [0.2, 0.25) is 0 Å². The third kappa shape index (κ3) is 6.68. The van der Waals surface area contributed by atoms with E-state index in [0.717, 1.165) is 41.8 Å². The molecule has 2 N–H and O–H groups in total. The van der Waals surface area contributed by atoms with E-state index < -0.39 is 29.4 Å². The van der Waals surface area contributed by atoms with E-state index in [2.05, 4.69) is 37.2 Å². The van der Waals surface area contributed by atoms with E-state index >= 15 is 0 Å². The van der Waals surface area contributed by atoms with Gasteiger partial charge in [0.2, 0.25) is 5.95 Å². The second kappa shape index (κ2) is 13.6. The highest BCUT2D eigenvalue weighted by Crippen LogP contribution is 2.43. The fraction of sp³-hybridized carbons (Fsp3) is 0.367. The van der Waals surface area contributed by atoms with Crippen LogP contribution in [-0.4, -0.2) is 70.6 Å². The number of aromatic amines is 1. The quantitative estimate of drug-likeness (QED) is 0.216. The van der Waals surface area contributed by atoms with E-state index in [9.17, 15) is 28.0 Å². The van der Waals surface area contributed by atoms with Crippen molar-refractivity contribution in [2.45, 2.75) is 39.4 Å². The first-order chi connectivity index (χ1) is 20.8. The van der Waals surface area contributed by atoms with Crippen LogP contribution in [0.25, 0.3) is 0 Å². The summed E-state index contributed by atoms with van der Waals surface area (Å²) in [6, 6.07) is 10.8. The van der Waals surface area contributed by atoms with Gasteiger partial charge in [-0.25, -0.2) is 19.3 Å². The fourth-order valence-electron chi connectivity index (χ4n) is 5.17. The topological polar surface area (TPSA) is 141 Å². The van der Waals surface area contributed by atoms with Crippen LogP contribution in [-0.2, 0) is 26.9 Å².